The Bertz CT molecular complexity index is 1060. The average Bonchev–Trinajstić information content (AvgIpc) is 3.33. The second-order valence-electron chi connectivity index (χ2n) is 7.41. The molecule has 0 bridgehead atoms. The van der Waals surface area contributed by atoms with Gasteiger partial charge in [0, 0.05) is 18.4 Å². The van der Waals surface area contributed by atoms with Gasteiger partial charge >= 0.3 is 0 Å². The number of ketones is 1. The van der Waals surface area contributed by atoms with E-state index in [-0.39, 0.29) is 17.5 Å². The molecule has 7 nitrogen and oxygen atoms in total. The van der Waals surface area contributed by atoms with Gasteiger partial charge in [0.15, 0.2) is 10.9 Å². The molecule has 2 heterocycles. The molecule has 1 aromatic carbocycles. The van der Waals surface area contributed by atoms with Crippen LogP contribution in [0.25, 0.3) is 0 Å². The fraction of sp³-hybridized carbons (Fsp3) is 0.364. The number of aryl methyl sites for hydroxylation is 4. The molecule has 0 saturated heterocycles. The van der Waals surface area contributed by atoms with Crippen molar-refractivity contribution in [2.75, 3.05) is 0 Å². The standard InChI is InChI=1S/C22H26N4O3S/c1-13-10-15(3)18(11-14(13)2)21(28)16(4)30-22-25-24-20(8-7-19(23)27)26(22)12-17-6-5-9-29-17/h5-6,9-11,16H,7-8,12H2,1-4H3,(H2,23,27). The Morgan fingerprint density at radius 3 is 2.57 bits per heavy atom. The summed E-state index contributed by atoms with van der Waals surface area (Å²) in [5.74, 6) is 1.02. The van der Waals surface area contributed by atoms with Gasteiger partial charge < -0.3 is 10.2 Å². The number of carbonyl (C=O) groups is 2. The van der Waals surface area contributed by atoms with Gasteiger partial charge in [-0.3, -0.25) is 14.2 Å². The van der Waals surface area contributed by atoms with Crippen LogP contribution >= 0.6 is 11.8 Å². The number of furan rings is 1. The molecule has 0 aliphatic carbocycles. The SMILES string of the molecule is Cc1cc(C)c(C(=O)C(C)Sc2nnc(CCC(N)=O)n2Cc2ccco2)cc1C. The van der Waals surface area contributed by atoms with Crippen molar-refractivity contribution >= 4 is 23.5 Å². The zero-order chi connectivity index (χ0) is 21.8. The molecule has 30 heavy (non-hydrogen) atoms. The third kappa shape index (κ3) is 4.99. The van der Waals surface area contributed by atoms with Gasteiger partial charge in [-0.05, 0) is 62.6 Å². The van der Waals surface area contributed by atoms with Gasteiger partial charge in [0.05, 0.1) is 18.1 Å². The van der Waals surface area contributed by atoms with E-state index in [1.807, 2.05) is 56.5 Å². The number of carbonyl (C=O) groups excluding carboxylic acids is 2. The lowest BCUT2D eigenvalue weighted by atomic mass is 9.97. The van der Waals surface area contributed by atoms with E-state index < -0.39 is 5.91 Å². The van der Waals surface area contributed by atoms with Crippen LogP contribution in [-0.2, 0) is 17.8 Å². The number of Topliss-reactive ketones (excluding diaryl/α,β-unsaturated/α-hetero) is 1. The van der Waals surface area contributed by atoms with Crippen molar-refractivity contribution in [2.45, 2.75) is 57.5 Å². The summed E-state index contributed by atoms with van der Waals surface area (Å²) < 4.78 is 7.34. The predicted molar refractivity (Wildman–Crippen MR) is 116 cm³/mol. The Morgan fingerprint density at radius 2 is 1.90 bits per heavy atom. The molecular formula is C22H26N4O3S. The quantitative estimate of drug-likeness (QED) is 0.414. The van der Waals surface area contributed by atoms with E-state index in [9.17, 15) is 9.59 Å². The lowest BCUT2D eigenvalue weighted by Crippen LogP contribution is -2.17. The van der Waals surface area contributed by atoms with Crippen LogP contribution in [0.3, 0.4) is 0 Å². The maximum absolute atomic E-state index is 13.1. The van der Waals surface area contributed by atoms with E-state index in [1.54, 1.807) is 6.26 Å². The molecule has 0 saturated carbocycles. The summed E-state index contributed by atoms with van der Waals surface area (Å²) in [6.45, 7) is 8.29. The van der Waals surface area contributed by atoms with Crippen LogP contribution in [0.5, 0.6) is 0 Å². The molecule has 2 N–H and O–H groups in total. The Labute approximate surface area is 180 Å². The number of amides is 1. The second kappa shape index (κ2) is 9.30. The second-order valence-corrected chi connectivity index (χ2v) is 8.71. The number of hydrogen-bond acceptors (Lipinski definition) is 6. The first-order chi connectivity index (χ1) is 14.3. The van der Waals surface area contributed by atoms with Crippen molar-refractivity contribution in [3.63, 3.8) is 0 Å². The van der Waals surface area contributed by atoms with Gasteiger partial charge in [-0.25, -0.2) is 0 Å². The number of benzene rings is 1. The van der Waals surface area contributed by atoms with Crippen molar-refractivity contribution in [1.82, 2.24) is 14.8 Å². The topological polar surface area (TPSA) is 104 Å². The largest absolute Gasteiger partial charge is 0.467 e. The van der Waals surface area contributed by atoms with Crippen LogP contribution in [-0.4, -0.2) is 31.7 Å². The first kappa shape index (κ1) is 21.8. The van der Waals surface area contributed by atoms with Crippen LogP contribution in [0.1, 0.15) is 52.0 Å². The number of hydrogen-bond donors (Lipinski definition) is 1. The maximum atomic E-state index is 13.1. The summed E-state index contributed by atoms with van der Waals surface area (Å²) in [5.41, 5.74) is 9.25. The first-order valence-electron chi connectivity index (χ1n) is 9.77. The third-order valence-corrected chi connectivity index (χ3v) is 6.12. The Hall–Kier alpha value is -2.87. The van der Waals surface area contributed by atoms with Gasteiger partial charge in [0.25, 0.3) is 0 Å². The predicted octanol–water partition coefficient (Wildman–Crippen LogP) is 3.63. The monoisotopic (exact) mass is 426 g/mol. The summed E-state index contributed by atoms with van der Waals surface area (Å²) in [6, 6.07) is 7.67. The molecule has 2 aromatic heterocycles. The molecule has 8 heteroatoms. The number of nitrogens with two attached hydrogens (primary N) is 1. The van der Waals surface area contributed by atoms with Crippen molar-refractivity contribution in [1.29, 1.82) is 0 Å². The van der Waals surface area contributed by atoms with Crippen molar-refractivity contribution in [3.05, 3.63) is 64.4 Å². The van der Waals surface area contributed by atoms with E-state index in [1.165, 1.54) is 17.3 Å². The zero-order valence-electron chi connectivity index (χ0n) is 17.6. The van der Waals surface area contributed by atoms with Crippen molar-refractivity contribution < 1.29 is 14.0 Å². The molecule has 0 spiro atoms. The minimum atomic E-state index is -0.398. The van der Waals surface area contributed by atoms with Crippen molar-refractivity contribution in [3.8, 4) is 0 Å². The minimum Gasteiger partial charge on any atom is -0.467 e. The molecule has 3 aromatic rings. The lowest BCUT2D eigenvalue weighted by Gasteiger charge is -2.14. The third-order valence-electron chi connectivity index (χ3n) is 5.04. The summed E-state index contributed by atoms with van der Waals surface area (Å²) in [5, 5.41) is 8.76. The number of nitrogens with zero attached hydrogens (tertiary/aromatic N) is 3. The number of thioether (sulfide) groups is 1. The molecular weight excluding hydrogens is 400 g/mol. The van der Waals surface area contributed by atoms with Crippen LogP contribution in [0.4, 0.5) is 0 Å². The van der Waals surface area contributed by atoms with Crippen LogP contribution in [0, 0.1) is 20.8 Å². The van der Waals surface area contributed by atoms with Crippen LogP contribution < -0.4 is 5.73 Å². The van der Waals surface area contributed by atoms with Crippen LogP contribution in [0.15, 0.2) is 40.1 Å². The molecule has 3 rings (SSSR count). The Balaban J connectivity index is 1.85. The average molecular weight is 427 g/mol. The van der Waals surface area contributed by atoms with E-state index in [2.05, 4.69) is 10.2 Å². The molecule has 0 aliphatic rings. The fourth-order valence-electron chi connectivity index (χ4n) is 3.20. The molecule has 0 aliphatic heterocycles. The number of aromatic nitrogens is 3. The smallest absolute Gasteiger partial charge is 0.217 e. The number of primary amides is 1. The molecule has 0 radical (unpaired) electrons. The fourth-order valence-corrected chi connectivity index (χ4v) is 4.14. The lowest BCUT2D eigenvalue weighted by molar-refractivity contribution is -0.118. The van der Waals surface area contributed by atoms with E-state index >= 15 is 0 Å². The molecule has 1 unspecified atom stereocenters. The van der Waals surface area contributed by atoms with E-state index in [0.717, 1.165) is 22.5 Å². The summed E-state index contributed by atoms with van der Waals surface area (Å²) in [7, 11) is 0. The van der Waals surface area contributed by atoms with Crippen molar-refractivity contribution in [2.24, 2.45) is 5.73 Å². The molecule has 1 atom stereocenters. The molecule has 158 valence electrons. The normalized spacial score (nSPS) is 12.1. The number of rotatable bonds is 9. The highest BCUT2D eigenvalue weighted by Gasteiger charge is 2.23. The minimum absolute atomic E-state index is 0.0480. The van der Waals surface area contributed by atoms with Gasteiger partial charge in [-0.15, -0.1) is 10.2 Å². The Morgan fingerprint density at radius 1 is 1.17 bits per heavy atom. The summed E-state index contributed by atoms with van der Waals surface area (Å²) >= 11 is 1.35. The summed E-state index contributed by atoms with van der Waals surface area (Å²) in [6.07, 6.45) is 2.16. The highest BCUT2D eigenvalue weighted by atomic mass is 32.2. The molecule has 1 amide bonds. The first-order valence-corrected chi connectivity index (χ1v) is 10.7. The van der Waals surface area contributed by atoms with Gasteiger partial charge in [0.1, 0.15) is 11.6 Å². The highest BCUT2D eigenvalue weighted by molar-refractivity contribution is 8.00. The van der Waals surface area contributed by atoms with Gasteiger partial charge in [0.2, 0.25) is 5.91 Å². The van der Waals surface area contributed by atoms with Gasteiger partial charge in [-0.2, -0.15) is 0 Å². The van der Waals surface area contributed by atoms with Gasteiger partial charge in [-0.1, -0.05) is 17.8 Å². The molecule has 0 fully saturated rings. The summed E-state index contributed by atoms with van der Waals surface area (Å²) in [4.78, 5) is 24.3. The van der Waals surface area contributed by atoms with Crippen LogP contribution in [0.2, 0.25) is 0 Å². The zero-order valence-corrected chi connectivity index (χ0v) is 18.5. The maximum Gasteiger partial charge on any atom is 0.217 e. The highest BCUT2D eigenvalue weighted by Crippen LogP contribution is 2.28. The van der Waals surface area contributed by atoms with E-state index in [0.29, 0.717) is 23.9 Å². The Kier molecular flexibility index (Phi) is 6.77. The van der Waals surface area contributed by atoms with E-state index in [4.69, 9.17) is 10.2 Å².